The molecule has 2 N–H and O–H groups in total. The minimum Gasteiger partial charge on any atom is -0.434 e. The molecular formula is C18H28F2N4O. The second-order valence-corrected chi connectivity index (χ2v) is 6.66. The van der Waals surface area contributed by atoms with E-state index in [0.29, 0.717) is 24.1 Å². The Morgan fingerprint density at radius 1 is 1.32 bits per heavy atom. The van der Waals surface area contributed by atoms with Crippen LogP contribution in [0.25, 0.3) is 0 Å². The van der Waals surface area contributed by atoms with Gasteiger partial charge >= 0.3 is 6.61 Å². The largest absolute Gasteiger partial charge is 0.434 e. The highest BCUT2D eigenvalue weighted by atomic mass is 19.3. The molecule has 0 radical (unpaired) electrons. The molecule has 1 aliphatic carbocycles. The number of nitrogens with one attached hydrogen (secondary N) is 2. The molecule has 1 aromatic rings. The number of benzene rings is 1. The maximum atomic E-state index is 12.5. The Hall–Kier alpha value is -1.89. The Bertz CT molecular complexity index is 586. The molecule has 0 amide bonds. The highest BCUT2D eigenvalue weighted by Crippen LogP contribution is 2.34. The second kappa shape index (κ2) is 8.99. The molecule has 5 nitrogen and oxygen atoms in total. The van der Waals surface area contributed by atoms with Gasteiger partial charge < -0.3 is 20.3 Å². The van der Waals surface area contributed by atoms with Crippen molar-refractivity contribution in [2.45, 2.75) is 39.0 Å². The van der Waals surface area contributed by atoms with Gasteiger partial charge in [-0.3, -0.25) is 4.99 Å². The molecule has 0 aliphatic heterocycles. The van der Waals surface area contributed by atoms with Crippen LogP contribution in [0.3, 0.4) is 0 Å². The van der Waals surface area contributed by atoms with Crippen LogP contribution in [0.5, 0.6) is 5.75 Å². The van der Waals surface area contributed by atoms with Crippen molar-refractivity contribution in [2.24, 2.45) is 10.9 Å². The number of ether oxygens (including phenoxy) is 1. The fourth-order valence-electron chi connectivity index (χ4n) is 2.91. The first-order chi connectivity index (χ1) is 11.9. The van der Waals surface area contributed by atoms with Gasteiger partial charge in [0, 0.05) is 31.7 Å². The Kier molecular flexibility index (Phi) is 6.99. The van der Waals surface area contributed by atoms with Crippen molar-refractivity contribution in [2.75, 3.05) is 27.7 Å². The van der Waals surface area contributed by atoms with Gasteiger partial charge in [0.25, 0.3) is 0 Å². The number of alkyl halides is 2. The first-order valence-corrected chi connectivity index (χ1v) is 8.56. The third-order valence-corrected chi connectivity index (χ3v) is 4.41. The Morgan fingerprint density at radius 3 is 2.60 bits per heavy atom. The molecule has 2 rings (SSSR count). The van der Waals surface area contributed by atoms with Crippen molar-refractivity contribution in [3.05, 3.63) is 29.3 Å². The topological polar surface area (TPSA) is 48.9 Å². The third kappa shape index (κ3) is 6.16. The van der Waals surface area contributed by atoms with Crippen molar-refractivity contribution in [3.8, 4) is 5.75 Å². The van der Waals surface area contributed by atoms with Crippen LogP contribution in [-0.4, -0.2) is 51.2 Å². The lowest BCUT2D eigenvalue weighted by atomic mass is 10.1. The summed E-state index contributed by atoms with van der Waals surface area (Å²) < 4.78 is 29.7. The zero-order valence-electron chi connectivity index (χ0n) is 15.4. The smallest absolute Gasteiger partial charge is 0.387 e. The van der Waals surface area contributed by atoms with Crippen molar-refractivity contribution in [1.29, 1.82) is 0 Å². The van der Waals surface area contributed by atoms with E-state index in [0.717, 1.165) is 18.0 Å². The molecule has 1 aliphatic rings. The molecule has 1 unspecified atom stereocenters. The number of hydrogen-bond donors (Lipinski definition) is 2. The van der Waals surface area contributed by atoms with Crippen LogP contribution in [0, 0.1) is 12.8 Å². The fourth-order valence-corrected chi connectivity index (χ4v) is 2.91. The van der Waals surface area contributed by atoms with E-state index in [9.17, 15) is 8.78 Å². The predicted molar refractivity (Wildman–Crippen MR) is 96.2 cm³/mol. The number of likely N-dealkylation sites (N-methyl/N-ethyl adjacent to an activating group) is 1. The maximum absolute atomic E-state index is 12.5. The van der Waals surface area contributed by atoms with Crippen LogP contribution in [0.15, 0.2) is 23.2 Å². The summed E-state index contributed by atoms with van der Waals surface area (Å²) in [6, 6.07) is 5.63. The number of guanidine groups is 1. The zero-order chi connectivity index (χ0) is 18.4. The van der Waals surface area contributed by atoms with E-state index in [4.69, 9.17) is 0 Å². The Balaban J connectivity index is 1.93. The highest BCUT2D eigenvalue weighted by Gasteiger charge is 2.32. The summed E-state index contributed by atoms with van der Waals surface area (Å²) in [5.41, 5.74) is 1.66. The molecular weight excluding hydrogens is 326 g/mol. The highest BCUT2D eigenvalue weighted by molar-refractivity contribution is 5.79. The molecule has 0 bridgehead atoms. The lowest BCUT2D eigenvalue weighted by Crippen LogP contribution is -2.45. The van der Waals surface area contributed by atoms with Crippen LogP contribution in [0.2, 0.25) is 0 Å². The molecule has 0 spiro atoms. The predicted octanol–water partition coefficient (Wildman–Crippen LogP) is 2.60. The molecule has 1 atom stereocenters. The summed E-state index contributed by atoms with van der Waals surface area (Å²) in [5.74, 6) is 1.58. The number of rotatable bonds is 8. The van der Waals surface area contributed by atoms with Crippen molar-refractivity contribution in [3.63, 3.8) is 0 Å². The number of nitrogens with zero attached hydrogens (tertiary/aromatic N) is 2. The summed E-state index contributed by atoms with van der Waals surface area (Å²) in [6.07, 6.45) is 2.54. The first-order valence-electron chi connectivity index (χ1n) is 8.56. The second-order valence-electron chi connectivity index (χ2n) is 6.66. The average Bonchev–Trinajstić information content (AvgIpc) is 3.37. The average molecular weight is 354 g/mol. The number of aliphatic imine (C=N–C) groups is 1. The normalized spacial score (nSPS) is 16.2. The number of hydrogen-bond acceptors (Lipinski definition) is 3. The van der Waals surface area contributed by atoms with Crippen molar-refractivity contribution in [1.82, 2.24) is 15.5 Å². The molecule has 7 heteroatoms. The molecule has 140 valence electrons. The maximum Gasteiger partial charge on any atom is 0.387 e. The van der Waals surface area contributed by atoms with Crippen LogP contribution in [-0.2, 0) is 6.54 Å². The molecule has 0 aromatic heterocycles. The minimum atomic E-state index is -2.83. The minimum absolute atomic E-state index is 0.188. The summed E-state index contributed by atoms with van der Waals surface area (Å²) >= 11 is 0. The lowest BCUT2D eigenvalue weighted by molar-refractivity contribution is -0.0504. The van der Waals surface area contributed by atoms with E-state index in [1.807, 2.05) is 13.0 Å². The molecule has 0 saturated heterocycles. The summed E-state index contributed by atoms with van der Waals surface area (Å²) in [5, 5.41) is 6.50. The first kappa shape index (κ1) is 19.4. The number of halogens is 2. The molecule has 0 heterocycles. The van der Waals surface area contributed by atoms with E-state index in [-0.39, 0.29) is 5.75 Å². The quantitative estimate of drug-likeness (QED) is 0.557. The molecule has 25 heavy (non-hydrogen) atoms. The van der Waals surface area contributed by atoms with Crippen LogP contribution < -0.4 is 15.4 Å². The monoisotopic (exact) mass is 354 g/mol. The van der Waals surface area contributed by atoms with Crippen LogP contribution in [0.4, 0.5) is 8.78 Å². The zero-order valence-corrected chi connectivity index (χ0v) is 15.4. The molecule has 1 fully saturated rings. The van der Waals surface area contributed by atoms with Gasteiger partial charge in [0.2, 0.25) is 0 Å². The van der Waals surface area contributed by atoms with E-state index in [2.05, 4.69) is 39.4 Å². The SMILES string of the molecule is CN=C(NCc1cc(C)ccc1OC(F)F)NCC(C1CC1)N(C)C. The van der Waals surface area contributed by atoms with Gasteiger partial charge in [-0.25, -0.2) is 0 Å². The van der Waals surface area contributed by atoms with Crippen LogP contribution >= 0.6 is 0 Å². The molecule has 1 aromatic carbocycles. The van der Waals surface area contributed by atoms with E-state index >= 15 is 0 Å². The summed E-state index contributed by atoms with van der Waals surface area (Å²) in [6.45, 7) is 0.240. The van der Waals surface area contributed by atoms with E-state index in [1.54, 1.807) is 19.2 Å². The van der Waals surface area contributed by atoms with Gasteiger partial charge in [-0.2, -0.15) is 8.78 Å². The third-order valence-electron chi connectivity index (χ3n) is 4.41. The standard InChI is InChI=1S/C18H28F2N4O/c1-12-5-8-16(25-17(19)20)14(9-12)10-22-18(21-2)23-11-15(24(3)4)13-6-7-13/h5,8-9,13,15,17H,6-7,10-11H2,1-4H3,(H2,21,22,23). The van der Waals surface area contributed by atoms with Gasteiger partial charge in [-0.15, -0.1) is 0 Å². The van der Waals surface area contributed by atoms with Gasteiger partial charge in [-0.05, 0) is 45.8 Å². The van der Waals surface area contributed by atoms with Gasteiger partial charge in [-0.1, -0.05) is 17.7 Å². The van der Waals surface area contributed by atoms with Crippen LogP contribution in [0.1, 0.15) is 24.0 Å². The number of aryl methyl sites for hydroxylation is 1. The Morgan fingerprint density at radius 2 is 2.04 bits per heavy atom. The van der Waals surface area contributed by atoms with E-state index in [1.165, 1.54) is 12.8 Å². The fraction of sp³-hybridized carbons (Fsp3) is 0.611. The van der Waals surface area contributed by atoms with E-state index < -0.39 is 6.61 Å². The van der Waals surface area contributed by atoms with Gasteiger partial charge in [0.15, 0.2) is 5.96 Å². The summed E-state index contributed by atoms with van der Waals surface area (Å²) in [7, 11) is 5.87. The van der Waals surface area contributed by atoms with Crippen molar-refractivity contribution >= 4 is 5.96 Å². The lowest BCUT2D eigenvalue weighted by Gasteiger charge is -2.25. The molecule has 1 saturated carbocycles. The van der Waals surface area contributed by atoms with Gasteiger partial charge in [0.05, 0.1) is 0 Å². The summed E-state index contributed by atoms with van der Waals surface area (Å²) in [4.78, 5) is 6.44. The van der Waals surface area contributed by atoms with Crippen molar-refractivity contribution < 1.29 is 13.5 Å². The Labute approximate surface area is 148 Å². The van der Waals surface area contributed by atoms with Gasteiger partial charge in [0.1, 0.15) is 5.75 Å².